The lowest BCUT2D eigenvalue weighted by atomic mass is 9.89. The van der Waals surface area contributed by atoms with Crippen molar-refractivity contribution in [3.63, 3.8) is 0 Å². The Bertz CT molecular complexity index is 410. The lowest BCUT2D eigenvalue weighted by molar-refractivity contribution is 0.421. The standard InChI is InChI=1S/C15H25N3/c1-18-14(16)13(11-7-5-6-8-11)17-15(18)12-9-3-2-4-10-12/h11-12H,2-10,16H2,1H3. The second kappa shape index (κ2) is 4.94. The van der Waals surface area contributed by atoms with Gasteiger partial charge in [0.25, 0.3) is 0 Å². The van der Waals surface area contributed by atoms with Crippen LogP contribution in [0.25, 0.3) is 0 Å². The van der Waals surface area contributed by atoms with Crippen LogP contribution in [0, 0.1) is 0 Å². The summed E-state index contributed by atoms with van der Waals surface area (Å²) in [5.41, 5.74) is 7.49. The fourth-order valence-electron chi connectivity index (χ4n) is 3.78. The molecule has 2 aliphatic carbocycles. The predicted octanol–water partition coefficient (Wildman–Crippen LogP) is 3.71. The number of nitrogen functional groups attached to an aromatic ring is 1. The smallest absolute Gasteiger partial charge is 0.126 e. The lowest BCUT2D eigenvalue weighted by Crippen LogP contribution is -2.11. The topological polar surface area (TPSA) is 43.8 Å². The third-order valence-corrected chi connectivity index (χ3v) is 4.91. The maximum atomic E-state index is 6.29. The Hall–Kier alpha value is -0.990. The monoisotopic (exact) mass is 247 g/mol. The molecule has 0 aromatic carbocycles. The first-order chi connectivity index (χ1) is 8.77. The van der Waals surface area contributed by atoms with Gasteiger partial charge in [0.2, 0.25) is 0 Å². The van der Waals surface area contributed by atoms with Crippen molar-refractivity contribution in [3.8, 4) is 0 Å². The van der Waals surface area contributed by atoms with E-state index >= 15 is 0 Å². The summed E-state index contributed by atoms with van der Waals surface area (Å²) in [6.45, 7) is 0. The fraction of sp³-hybridized carbons (Fsp3) is 0.800. The summed E-state index contributed by atoms with van der Waals surface area (Å²) < 4.78 is 2.17. The van der Waals surface area contributed by atoms with Gasteiger partial charge in [-0.2, -0.15) is 0 Å². The molecule has 0 amide bonds. The van der Waals surface area contributed by atoms with E-state index in [1.807, 2.05) is 0 Å². The number of rotatable bonds is 2. The molecular weight excluding hydrogens is 222 g/mol. The van der Waals surface area contributed by atoms with E-state index in [4.69, 9.17) is 10.7 Å². The molecule has 2 N–H and O–H groups in total. The molecule has 3 heteroatoms. The molecule has 0 saturated heterocycles. The molecule has 0 spiro atoms. The summed E-state index contributed by atoms with van der Waals surface area (Å²) >= 11 is 0. The van der Waals surface area contributed by atoms with Gasteiger partial charge >= 0.3 is 0 Å². The summed E-state index contributed by atoms with van der Waals surface area (Å²) in [5.74, 6) is 3.48. The third-order valence-electron chi connectivity index (χ3n) is 4.91. The highest BCUT2D eigenvalue weighted by Gasteiger charge is 2.27. The normalized spacial score (nSPS) is 22.7. The van der Waals surface area contributed by atoms with Crippen molar-refractivity contribution < 1.29 is 0 Å². The molecule has 3 nitrogen and oxygen atoms in total. The Morgan fingerprint density at radius 3 is 2.17 bits per heavy atom. The quantitative estimate of drug-likeness (QED) is 0.865. The van der Waals surface area contributed by atoms with Gasteiger partial charge in [-0.1, -0.05) is 32.1 Å². The summed E-state index contributed by atoms with van der Waals surface area (Å²) in [4.78, 5) is 4.95. The summed E-state index contributed by atoms with van der Waals surface area (Å²) in [5, 5.41) is 0. The summed E-state index contributed by atoms with van der Waals surface area (Å²) in [6, 6.07) is 0. The molecule has 0 atom stereocenters. The Labute approximate surface area is 110 Å². The minimum Gasteiger partial charge on any atom is -0.384 e. The van der Waals surface area contributed by atoms with Crippen LogP contribution in [0.15, 0.2) is 0 Å². The molecule has 1 aromatic rings. The Kier molecular flexibility index (Phi) is 3.31. The predicted molar refractivity (Wildman–Crippen MR) is 74.7 cm³/mol. The van der Waals surface area contributed by atoms with Gasteiger partial charge in [-0.25, -0.2) is 4.98 Å². The number of hydrogen-bond acceptors (Lipinski definition) is 2. The molecule has 100 valence electrons. The molecule has 3 rings (SSSR count). The van der Waals surface area contributed by atoms with Crippen molar-refractivity contribution in [1.82, 2.24) is 9.55 Å². The van der Waals surface area contributed by atoms with E-state index < -0.39 is 0 Å². The van der Waals surface area contributed by atoms with E-state index in [1.165, 1.54) is 69.3 Å². The Morgan fingerprint density at radius 2 is 1.50 bits per heavy atom. The van der Waals surface area contributed by atoms with Gasteiger partial charge in [-0.15, -0.1) is 0 Å². The van der Waals surface area contributed by atoms with Crippen molar-refractivity contribution in [2.24, 2.45) is 7.05 Å². The largest absolute Gasteiger partial charge is 0.384 e. The van der Waals surface area contributed by atoms with E-state index in [0.29, 0.717) is 11.8 Å². The van der Waals surface area contributed by atoms with Gasteiger partial charge in [-0.3, -0.25) is 0 Å². The molecule has 2 aliphatic rings. The minimum atomic E-state index is 0.633. The van der Waals surface area contributed by atoms with Gasteiger partial charge in [0.15, 0.2) is 0 Å². The molecule has 18 heavy (non-hydrogen) atoms. The van der Waals surface area contributed by atoms with Gasteiger partial charge in [-0.05, 0) is 25.7 Å². The molecule has 0 unspecified atom stereocenters. The minimum absolute atomic E-state index is 0.633. The average Bonchev–Trinajstić information content (AvgIpc) is 3.01. The van der Waals surface area contributed by atoms with Crippen LogP contribution in [-0.2, 0) is 7.05 Å². The highest BCUT2D eigenvalue weighted by molar-refractivity contribution is 5.41. The maximum absolute atomic E-state index is 6.29. The summed E-state index contributed by atoms with van der Waals surface area (Å²) in [7, 11) is 2.10. The van der Waals surface area contributed by atoms with Crippen molar-refractivity contribution in [2.75, 3.05) is 5.73 Å². The Morgan fingerprint density at radius 1 is 0.944 bits per heavy atom. The SMILES string of the molecule is Cn1c(C2CCCCC2)nc(C2CCCC2)c1N. The van der Waals surface area contributed by atoms with Crippen LogP contribution in [-0.4, -0.2) is 9.55 Å². The number of imidazole rings is 1. The second-order valence-electron chi connectivity index (χ2n) is 6.12. The zero-order valence-corrected chi connectivity index (χ0v) is 11.5. The van der Waals surface area contributed by atoms with Gasteiger partial charge in [0.1, 0.15) is 11.6 Å². The number of aromatic nitrogens is 2. The van der Waals surface area contributed by atoms with Crippen LogP contribution in [0.1, 0.15) is 81.1 Å². The number of hydrogen-bond donors (Lipinski definition) is 1. The highest BCUT2D eigenvalue weighted by atomic mass is 15.1. The van der Waals surface area contributed by atoms with Crippen molar-refractivity contribution >= 4 is 5.82 Å². The first kappa shape index (κ1) is 12.1. The molecule has 0 bridgehead atoms. The average molecular weight is 247 g/mol. The highest BCUT2D eigenvalue weighted by Crippen LogP contribution is 2.39. The van der Waals surface area contributed by atoms with E-state index in [0.717, 1.165) is 5.82 Å². The van der Waals surface area contributed by atoms with Crippen molar-refractivity contribution in [1.29, 1.82) is 0 Å². The van der Waals surface area contributed by atoms with E-state index in [1.54, 1.807) is 0 Å². The van der Waals surface area contributed by atoms with Gasteiger partial charge in [0, 0.05) is 18.9 Å². The first-order valence-electron chi connectivity index (χ1n) is 7.59. The van der Waals surface area contributed by atoms with Crippen LogP contribution in [0.4, 0.5) is 5.82 Å². The first-order valence-corrected chi connectivity index (χ1v) is 7.59. The van der Waals surface area contributed by atoms with Crippen molar-refractivity contribution in [3.05, 3.63) is 11.5 Å². The molecular formula is C15H25N3. The van der Waals surface area contributed by atoms with Crippen molar-refractivity contribution in [2.45, 2.75) is 69.6 Å². The molecule has 2 saturated carbocycles. The number of nitrogens with zero attached hydrogens (tertiary/aromatic N) is 2. The number of anilines is 1. The van der Waals surface area contributed by atoms with Gasteiger partial charge in [0.05, 0.1) is 5.69 Å². The molecule has 0 radical (unpaired) electrons. The van der Waals surface area contributed by atoms with Crippen LogP contribution in [0.2, 0.25) is 0 Å². The van der Waals surface area contributed by atoms with Gasteiger partial charge < -0.3 is 10.3 Å². The zero-order valence-electron chi connectivity index (χ0n) is 11.5. The third kappa shape index (κ3) is 2.04. The van der Waals surface area contributed by atoms with Crippen LogP contribution in [0.5, 0.6) is 0 Å². The zero-order chi connectivity index (χ0) is 12.5. The molecule has 2 fully saturated rings. The fourth-order valence-corrected chi connectivity index (χ4v) is 3.78. The second-order valence-corrected chi connectivity index (χ2v) is 6.12. The van der Waals surface area contributed by atoms with Crippen LogP contribution in [0.3, 0.4) is 0 Å². The van der Waals surface area contributed by atoms with Crippen LogP contribution < -0.4 is 5.73 Å². The van der Waals surface area contributed by atoms with E-state index in [9.17, 15) is 0 Å². The Balaban J connectivity index is 1.88. The molecule has 1 aromatic heterocycles. The number of nitrogens with two attached hydrogens (primary N) is 1. The van der Waals surface area contributed by atoms with Crippen LogP contribution >= 0.6 is 0 Å². The van der Waals surface area contributed by atoms with E-state index in [-0.39, 0.29) is 0 Å². The summed E-state index contributed by atoms with van der Waals surface area (Å²) in [6.07, 6.45) is 12.0. The molecule has 0 aliphatic heterocycles. The van der Waals surface area contributed by atoms with E-state index in [2.05, 4.69) is 11.6 Å². The maximum Gasteiger partial charge on any atom is 0.126 e. The molecule has 1 heterocycles. The lowest BCUT2D eigenvalue weighted by Gasteiger charge is -2.21.